The number of carboxylic acids is 2. The summed E-state index contributed by atoms with van der Waals surface area (Å²) in [6, 6.07) is 14.0. The third-order valence-corrected chi connectivity index (χ3v) is 21.1. The first-order valence-electron chi connectivity index (χ1n) is 36.1. The molecule has 5 amide bonds. The summed E-state index contributed by atoms with van der Waals surface area (Å²) < 4.78 is 44.9. The van der Waals surface area contributed by atoms with E-state index in [4.69, 9.17) is 62.1 Å². The number of aliphatic carboxylic acids is 2. The molecule has 35 heteroatoms. The predicted molar refractivity (Wildman–Crippen MR) is 395 cm³/mol. The van der Waals surface area contributed by atoms with Gasteiger partial charge in [-0.25, -0.2) is 9.59 Å². The average Bonchev–Trinajstić information content (AvgIpc) is 0.771. The number of aromatic hydroxyl groups is 3. The fraction of sp³-hybridized carbons (Fsp3) is 0.423. The molecule has 7 heterocycles. The number of nitrogens with one attached hydrogen (secondary N) is 5. The Bertz CT molecular complexity index is 4630. The number of hydrogen-bond acceptors (Lipinski definition) is 26. The van der Waals surface area contributed by atoms with Crippen LogP contribution in [0.15, 0.2) is 109 Å². The Morgan fingerprint density at radius 3 is 1.96 bits per heavy atom. The van der Waals surface area contributed by atoms with E-state index in [2.05, 4.69) is 26.6 Å². The van der Waals surface area contributed by atoms with Gasteiger partial charge in [-0.05, 0) is 109 Å². The first kappa shape index (κ1) is 83.8. The lowest BCUT2D eigenvalue weighted by molar-refractivity contribution is -0.334. The number of Topliss-reactive ketones (excluding diaryl/α,β-unsaturated/α-hetero) is 2. The van der Waals surface area contributed by atoms with Crippen molar-refractivity contribution in [1.29, 1.82) is 0 Å². The fourth-order valence-electron chi connectivity index (χ4n) is 14.5. The van der Waals surface area contributed by atoms with E-state index in [0.29, 0.717) is 12.0 Å². The maximum atomic E-state index is 16.3. The quantitative estimate of drug-likeness (QED) is 0.0533. The van der Waals surface area contributed by atoms with Crippen molar-refractivity contribution in [3.63, 3.8) is 0 Å². The summed E-state index contributed by atoms with van der Waals surface area (Å²) in [5, 5.41) is 139. The lowest BCUT2D eigenvalue weighted by atomic mass is 9.84. The van der Waals surface area contributed by atoms with E-state index in [9.17, 15) is 84.9 Å². The van der Waals surface area contributed by atoms with Gasteiger partial charge in [0.15, 0.2) is 47.6 Å². The number of carboxylic acid groups (broad SMARTS) is 2. The van der Waals surface area contributed by atoms with Crippen molar-refractivity contribution in [2.24, 2.45) is 23.5 Å². The number of phenols is 3. The minimum atomic E-state index is -2.27. The predicted octanol–water partition coefficient (Wildman–Crippen LogP) is 4.43. The molecule has 0 radical (unpaired) electrons. The van der Waals surface area contributed by atoms with Gasteiger partial charge in [-0.2, -0.15) is 0 Å². The molecular weight excluding hydrogens is 1520 g/mol. The molecule has 18 N–H and O–H groups in total. The van der Waals surface area contributed by atoms with Crippen molar-refractivity contribution in [2.75, 3.05) is 13.2 Å². The summed E-state index contributed by atoms with van der Waals surface area (Å²) in [6.45, 7) is 6.78. The maximum absolute atomic E-state index is 16.3. The van der Waals surface area contributed by atoms with Gasteiger partial charge in [0, 0.05) is 66.4 Å². The number of nitrogens with two attached hydrogens (primary N) is 1. The smallest absolute Gasteiger partial charge is 0.334 e. The number of rotatable bonds is 19. The van der Waals surface area contributed by atoms with E-state index in [1.807, 2.05) is 13.8 Å². The molecule has 15 unspecified atom stereocenters. The number of ketones is 2. The van der Waals surface area contributed by atoms with Crippen molar-refractivity contribution in [1.82, 2.24) is 26.6 Å². The number of benzene rings is 6. The van der Waals surface area contributed by atoms with Gasteiger partial charge >= 0.3 is 11.9 Å². The molecule has 0 aliphatic carbocycles. The van der Waals surface area contributed by atoms with Crippen molar-refractivity contribution in [3.8, 4) is 57.1 Å². The number of ether oxygens (including phenoxy) is 7. The SMILES string of the molecule is CC(C)C[C@@H](C)C(=O)N[C@@H]1C(=O)CC(CC(N)=O)C(=O)NC2C(=O)CC3C(=O)N[C@H](C(=O)NC(C(=O)O)c4cc(O)cc(O)c4-c4cc3ccc4O)[C@H](O)c3ccc(c(Cl)c3)Oc3cc2cc(c3OC2OC(CO)C(O)C(O)C2OC2CC(C)(NCC(OCc3ccccc3)C(=O)O)C(O)C(C)O2)Oc2ccc(cc2Cl)C1O. The molecule has 13 rings (SSSR count). The van der Waals surface area contributed by atoms with E-state index in [-0.39, 0.29) is 53.0 Å². The molecule has 604 valence electrons. The van der Waals surface area contributed by atoms with Crippen molar-refractivity contribution < 1.29 is 132 Å². The Kier molecular flexibility index (Phi) is 26.0. The molecule has 2 fully saturated rings. The molecule has 7 aliphatic heterocycles. The largest absolute Gasteiger partial charge is 0.508 e. The van der Waals surface area contributed by atoms with Crippen LogP contribution in [0.5, 0.6) is 46.0 Å². The van der Waals surface area contributed by atoms with Crippen molar-refractivity contribution in [3.05, 3.63) is 153 Å². The van der Waals surface area contributed by atoms with Crippen LogP contribution >= 0.6 is 23.2 Å². The summed E-state index contributed by atoms with van der Waals surface area (Å²) >= 11 is 14.3. The van der Waals surface area contributed by atoms with Gasteiger partial charge in [0.1, 0.15) is 77.4 Å². The molecule has 11 bridgehead atoms. The van der Waals surface area contributed by atoms with E-state index in [1.165, 1.54) is 26.0 Å². The van der Waals surface area contributed by atoms with Gasteiger partial charge in [0.25, 0.3) is 0 Å². The number of aliphatic hydroxyl groups is 6. The maximum Gasteiger partial charge on any atom is 0.334 e. The molecule has 6 aromatic rings. The topological polar surface area (TPSA) is 527 Å². The average molecular weight is 1610 g/mol. The highest BCUT2D eigenvalue weighted by Crippen LogP contribution is 2.51. The molecule has 0 aromatic heterocycles. The standard InChI is InChI=1S/C78H86Cl2N6O27/c1-32(2)17-33(3)71(99)85-62-49(91)21-40(24-57(81)93)72(100)83-60-39-22-53(109-51-15-12-37(64(62)94)19-45(51)79)68(113-77-69(67(97)66(96)56(30-87)111-77)112-58-28-78(5,70(98)34(4)108-58)82-29-55(75(103)104)107-31-35-9-7-6-8-10-35)54(23-39)110-52-16-13-38(20-46(52)80)65(95)63-74(102)84-61(76(105)106)44-25-41(88)26-48(90)59(44)43-18-36(11-14-47(43)89)42(27-50(60)92)73(101)86-63/h6-16,18-20,22-23,25-26,32-34,40,42,55-56,58,60-67,69-70,77,82,87-90,94-98H,17,21,24,27-31H2,1-5H3,(H2,81,93)(H,83,100)(H,84,102)(H,85,99)(H,86,101)(H,103,104)(H,105,106)/t33-,34?,40?,42?,55?,56?,58?,60?,61?,62-,63+,64?,65-,66?,67?,69?,70?,77?,78?/m1/s1. The molecule has 0 saturated carbocycles. The molecule has 33 nitrogen and oxygen atoms in total. The van der Waals surface area contributed by atoms with Crippen molar-refractivity contribution in [2.45, 2.75) is 176 Å². The summed E-state index contributed by atoms with van der Waals surface area (Å²) in [4.78, 5) is 131. The van der Waals surface area contributed by atoms with E-state index < -0.39 is 261 Å². The Labute approximate surface area is 655 Å². The first-order valence-corrected chi connectivity index (χ1v) is 36.8. The zero-order chi connectivity index (χ0) is 81.9. The second kappa shape index (κ2) is 35.1. The van der Waals surface area contributed by atoms with E-state index in [0.717, 1.165) is 66.7 Å². The van der Waals surface area contributed by atoms with Crippen LogP contribution in [0.25, 0.3) is 11.1 Å². The van der Waals surface area contributed by atoms with Crippen LogP contribution in [0, 0.1) is 17.8 Å². The first-order chi connectivity index (χ1) is 53.5. The lowest BCUT2D eigenvalue weighted by Gasteiger charge is -2.48. The second-order valence-electron chi connectivity index (χ2n) is 29.3. The second-order valence-corrected chi connectivity index (χ2v) is 30.1. The zero-order valence-electron chi connectivity index (χ0n) is 61.3. The van der Waals surface area contributed by atoms with Gasteiger partial charge in [0.05, 0.1) is 47.3 Å². The number of carbonyl (C=O) groups excluding carboxylic acids is 7. The number of primary amides is 1. The molecule has 113 heavy (non-hydrogen) atoms. The minimum Gasteiger partial charge on any atom is -0.508 e. The number of phenolic OH excluding ortho intramolecular Hbond substituents is 3. The van der Waals surface area contributed by atoms with Crippen LogP contribution < -0.4 is 46.5 Å². The number of carbonyl (C=O) groups is 9. The summed E-state index contributed by atoms with van der Waals surface area (Å²) in [6.07, 6.45) is -22.8. The zero-order valence-corrected chi connectivity index (χ0v) is 62.8. The minimum absolute atomic E-state index is 0.0401. The van der Waals surface area contributed by atoms with Crippen LogP contribution in [-0.2, 0) is 68.7 Å². The van der Waals surface area contributed by atoms with E-state index in [1.54, 1.807) is 37.3 Å². The van der Waals surface area contributed by atoms with Gasteiger partial charge in [-0.1, -0.05) is 92.5 Å². The molecule has 2 saturated heterocycles. The summed E-state index contributed by atoms with van der Waals surface area (Å²) in [5.74, 6) is -20.9. The van der Waals surface area contributed by atoms with Crippen LogP contribution in [0.3, 0.4) is 0 Å². The summed E-state index contributed by atoms with van der Waals surface area (Å²) in [7, 11) is 0. The van der Waals surface area contributed by atoms with Gasteiger partial charge in [0.2, 0.25) is 41.6 Å². The lowest BCUT2D eigenvalue weighted by Crippen LogP contribution is -2.66. The molecule has 19 atom stereocenters. The Morgan fingerprint density at radius 2 is 1.35 bits per heavy atom. The van der Waals surface area contributed by atoms with E-state index >= 15 is 14.4 Å². The fourth-order valence-corrected chi connectivity index (χ4v) is 15.0. The Balaban J connectivity index is 1.11. The van der Waals surface area contributed by atoms with Crippen LogP contribution in [-0.4, -0.2) is 195 Å². The van der Waals surface area contributed by atoms with Gasteiger partial charge < -0.3 is 122 Å². The molecule has 7 aliphatic rings. The molecule has 6 aromatic carbocycles. The Hall–Kier alpha value is -10.1. The number of halogens is 2. The highest BCUT2D eigenvalue weighted by atomic mass is 35.5. The molecule has 0 spiro atoms. The van der Waals surface area contributed by atoms with Gasteiger partial charge in [-0.3, -0.25) is 33.6 Å². The molecular formula is C78H86Cl2N6O27. The third-order valence-electron chi connectivity index (χ3n) is 20.5. The number of amides is 5. The monoisotopic (exact) mass is 1610 g/mol. The Morgan fingerprint density at radius 1 is 0.708 bits per heavy atom. The highest BCUT2D eigenvalue weighted by Gasteiger charge is 2.53. The number of hydrogen-bond donors (Lipinski definition) is 17. The number of fused-ring (bicyclic) bond motifs is 15. The third kappa shape index (κ3) is 18.7. The van der Waals surface area contributed by atoms with Crippen LogP contribution in [0.4, 0.5) is 0 Å². The number of aliphatic hydroxyl groups excluding tert-OH is 6. The normalized spacial score (nSPS) is 27.9. The van der Waals surface area contributed by atoms with Crippen LogP contribution in [0.1, 0.15) is 130 Å². The van der Waals surface area contributed by atoms with Gasteiger partial charge in [-0.15, -0.1) is 0 Å². The van der Waals surface area contributed by atoms with Crippen molar-refractivity contribution >= 4 is 76.2 Å². The summed E-state index contributed by atoms with van der Waals surface area (Å²) in [5.41, 5.74) is 2.41. The van der Waals surface area contributed by atoms with Crippen LogP contribution in [0.2, 0.25) is 10.0 Å². The highest BCUT2D eigenvalue weighted by molar-refractivity contribution is 6.32.